The van der Waals surface area contributed by atoms with Crippen LogP contribution in [-0.4, -0.2) is 29.6 Å². The summed E-state index contributed by atoms with van der Waals surface area (Å²) < 4.78 is 7.62. The molecule has 0 atom stereocenters. The Morgan fingerprint density at radius 1 is 1.03 bits per heavy atom. The number of ether oxygens (including phenoxy) is 1. The van der Waals surface area contributed by atoms with Crippen LogP contribution in [0.25, 0.3) is 17.1 Å². The van der Waals surface area contributed by atoms with Crippen molar-refractivity contribution >= 4 is 11.3 Å². The second kappa shape index (κ2) is 9.31. The van der Waals surface area contributed by atoms with Crippen molar-refractivity contribution in [2.75, 3.05) is 0 Å². The van der Waals surface area contributed by atoms with Gasteiger partial charge in [-0.3, -0.25) is 14.3 Å². The molecule has 4 rings (SSSR count). The Morgan fingerprint density at radius 3 is 2.40 bits per heavy atom. The first-order valence-electron chi connectivity index (χ1n) is 11.3. The first-order valence-corrected chi connectivity index (χ1v) is 12.1. The Bertz CT molecular complexity index is 1470. The van der Waals surface area contributed by atoms with E-state index in [0.29, 0.717) is 40.8 Å². The van der Waals surface area contributed by atoms with Gasteiger partial charge in [-0.15, -0.1) is 11.3 Å². The molecule has 0 radical (unpaired) electrons. The smallest absolute Gasteiger partial charge is 0.261 e. The van der Waals surface area contributed by atoms with E-state index in [1.54, 1.807) is 49.1 Å². The number of aromatic nitrogens is 5. The molecular formula is C26H29N5O3S. The molecule has 35 heavy (non-hydrogen) atoms. The van der Waals surface area contributed by atoms with Gasteiger partial charge < -0.3 is 9.84 Å². The molecule has 1 N–H and O–H groups in total. The summed E-state index contributed by atoms with van der Waals surface area (Å²) in [6.45, 7) is 13.0. The average Bonchev–Trinajstić information content (AvgIpc) is 3.21. The Morgan fingerprint density at radius 2 is 1.74 bits per heavy atom. The molecule has 4 aromatic rings. The minimum Gasteiger partial charge on any atom is -0.487 e. The largest absolute Gasteiger partial charge is 0.487 e. The number of rotatable bonds is 6. The van der Waals surface area contributed by atoms with Gasteiger partial charge in [-0.05, 0) is 65.7 Å². The Hall–Kier alpha value is -3.43. The molecule has 9 heteroatoms. The number of hydrogen-bond acceptors (Lipinski definition) is 8. The van der Waals surface area contributed by atoms with Gasteiger partial charge in [0.1, 0.15) is 18.0 Å². The molecule has 0 aliphatic carbocycles. The van der Waals surface area contributed by atoms with Gasteiger partial charge in [-0.25, -0.2) is 15.0 Å². The highest BCUT2D eigenvalue weighted by Crippen LogP contribution is 2.27. The minimum absolute atomic E-state index is 0.161. The molecule has 4 aromatic heterocycles. The van der Waals surface area contributed by atoms with Crippen LogP contribution in [0.3, 0.4) is 0 Å². The van der Waals surface area contributed by atoms with Gasteiger partial charge in [-0.1, -0.05) is 0 Å². The fourth-order valence-corrected chi connectivity index (χ4v) is 4.35. The van der Waals surface area contributed by atoms with E-state index < -0.39 is 5.60 Å². The minimum atomic E-state index is -1.19. The first kappa shape index (κ1) is 24.7. The quantitative estimate of drug-likeness (QED) is 0.424. The van der Waals surface area contributed by atoms with E-state index in [4.69, 9.17) is 4.74 Å². The lowest BCUT2D eigenvalue weighted by molar-refractivity contribution is 0.0688. The van der Waals surface area contributed by atoms with Crippen LogP contribution in [0, 0.1) is 34.6 Å². The summed E-state index contributed by atoms with van der Waals surface area (Å²) in [5.74, 6) is 0.853. The topological polar surface area (TPSA) is 103 Å². The summed E-state index contributed by atoms with van der Waals surface area (Å²) in [5, 5.41) is 13.3. The van der Waals surface area contributed by atoms with E-state index in [9.17, 15) is 9.90 Å². The zero-order chi connectivity index (χ0) is 25.5. The van der Waals surface area contributed by atoms with Crippen LogP contribution in [0.2, 0.25) is 0 Å². The van der Waals surface area contributed by atoms with Crippen molar-refractivity contribution in [1.29, 1.82) is 0 Å². The SMILES string of the molecule is Cc1nc(COc2cc(C)n(-c3cc(-c4nc(C(C)(C)O)ncc4C)ncc3C)c(=O)c2C)cs1. The number of nitrogens with zero attached hydrogens (tertiary/aromatic N) is 5. The molecule has 0 aromatic carbocycles. The second-order valence-electron chi connectivity index (χ2n) is 9.20. The van der Waals surface area contributed by atoms with Crippen molar-refractivity contribution in [3.8, 4) is 22.8 Å². The van der Waals surface area contributed by atoms with Crippen molar-refractivity contribution in [1.82, 2.24) is 24.5 Å². The lowest BCUT2D eigenvalue weighted by Crippen LogP contribution is -2.24. The Labute approximate surface area is 208 Å². The maximum absolute atomic E-state index is 13.5. The fraction of sp³-hybridized carbons (Fsp3) is 0.346. The summed E-state index contributed by atoms with van der Waals surface area (Å²) in [6.07, 6.45) is 3.40. The number of hydrogen-bond donors (Lipinski definition) is 1. The molecule has 0 aliphatic heterocycles. The zero-order valence-corrected chi connectivity index (χ0v) is 21.8. The lowest BCUT2D eigenvalue weighted by atomic mass is 10.1. The Kier molecular flexibility index (Phi) is 6.57. The second-order valence-corrected chi connectivity index (χ2v) is 10.3. The highest BCUT2D eigenvalue weighted by atomic mass is 32.1. The van der Waals surface area contributed by atoms with E-state index in [2.05, 4.69) is 19.9 Å². The van der Waals surface area contributed by atoms with Crippen LogP contribution < -0.4 is 10.3 Å². The normalized spacial score (nSPS) is 11.7. The van der Waals surface area contributed by atoms with Gasteiger partial charge in [0, 0.05) is 29.5 Å². The summed E-state index contributed by atoms with van der Waals surface area (Å²) >= 11 is 1.57. The van der Waals surface area contributed by atoms with E-state index >= 15 is 0 Å². The number of aryl methyl sites for hydroxylation is 4. The van der Waals surface area contributed by atoms with Crippen LogP contribution >= 0.6 is 11.3 Å². The standard InChI is InChI=1S/C26H29N5O3S/c1-14-10-27-20(23-15(2)11-28-25(30-23)26(6,7)33)9-21(14)31-16(3)8-22(17(4)24(31)32)34-12-19-13-35-18(5)29-19/h8-11,13,33H,12H2,1-7H3. The van der Waals surface area contributed by atoms with Crippen molar-refractivity contribution in [3.05, 3.63) is 79.2 Å². The van der Waals surface area contributed by atoms with Crippen LogP contribution in [0.4, 0.5) is 0 Å². The molecule has 182 valence electrons. The third-order valence-corrected chi connectivity index (χ3v) is 6.53. The predicted octanol–water partition coefficient (Wildman–Crippen LogP) is 4.49. The molecule has 4 heterocycles. The first-order chi connectivity index (χ1) is 16.5. The third-order valence-electron chi connectivity index (χ3n) is 5.71. The molecule has 0 saturated carbocycles. The summed E-state index contributed by atoms with van der Waals surface area (Å²) in [4.78, 5) is 31.3. The van der Waals surface area contributed by atoms with Crippen molar-refractivity contribution in [3.63, 3.8) is 0 Å². The van der Waals surface area contributed by atoms with Gasteiger partial charge in [0.15, 0.2) is 5.82 Å². The zero-order valence-electron chi connectivity index (χ0n) is 21.0. The van der Waals surface area contributed by atoms with Gasteiger partial charge in [0.05, 0.1) is 33.3 Å². The molecule has 0 spiro atoms. The van der Waals surface area contributed by atoms with E-state index in [-0.39, 0.29) is 5.56 Å². The van der Waals surface area contributed by atoms with Gasteiger partial charge >= 0.3 is 0 Å². The Balaban J connectivity index is 1.76. The number of aliphatic hydroxyl groups is 1. The van der Waals surface area contributed by atoms with Crippen LogP contribution in [0.5, 0.6) is 5.75 Å². The molecular weight excluding hydrogens is 462 g/mol. The molecule has 0 aliphatic rings. The average molecular weight is 492 g/mol. The summed E-state index contributed by atoms with van der Waals surface area (Å²) in [5.41, 5.74) is 4.34. The van der Waals surface area contributed by atoms with Gasteiger partial charge in [0.25, 0.3) is 5.56 Å². The van der Waals surface area contributed by atoms with Crippen LogP contribution in [-0.2, 0) is 12.2 Å². The lowest BCUT2D eigenvalue weighted by Gasteiger charge is -2.19. The summed E-state index contributed by atoms with van der Waals surface area (Å²) in [7, 11) is 0. The van der Waals surface area contributed by atoms with Crippen molar-refractivity contribution in [2.45, 2.75) is 60.7 Å². The third kappa shape index (κ3) is 5.01. The molecule has 0 fully saturated rings. The molecule has 0 amide bonds. The molecule has 0 unspecified atom stereocenters. The monoisotopic (exact) mass is 491 g/mol. The van der Waals surface area contributed by atoms with Crippen molar-refractivity contribution in [2.24, 2.45) is 0 Å². The van der Waals surface area contributed by atoms with E-state index in [1.165, 1.54) is 0 Å². The van der Waals surface area contributed by atoms with Crippen LogP contribution in [0.1, 0.15) is 52.8 Å². The van der Waals surface area contributed by atoms with Gasteiger partial charge in [-0.2, -0.15) is 0 Å². The number of pyridine rings is 2. The van der Waals surface area contributed by atoms with Crippen molar-refractivity contribution < 1.29 is 9.84 Å². The fourth-order valence-electron chi connectivity index (χ4n) is 3.75. The highest BCUT2D eigenvalue weighted by Gasteiger charge is 2.22. The summed E-state index contributed by atoms with van der Waals surface area (Å²) in [6, 6.07) is 3.73. The van der Waals surface area contributed by atoms with E-state index in [1.807, 2.05) is 45.2 Å². The molecule has 0 saturated heterocycles. The van der Waals surface area contributed by atoms with E-state index in [0.717, 1.165) is 27.5 Å². The van der Waals surface area contributed by atoms with Gasteiger partial charge in [0.2, 0.25) is 0 Å². The molecule has 0 bridgehead atoms. The maximum Gasteiger partial charge on any atom is 0.261 e. The molecule has 8 nitrogen and oxygen atoms in total. The van der Waals surface area contributed by atoms with Crippen LogP contribution in [0.15, 0.2) is 34.7 Å². The predicted molar refractivity (Wildman–Crippen MR) is 136 cm³/mol. The maximum atomic E-state index is 13.5. The highest BCUT2D eigenvalue weighted by molar-refractivity contribution is 7.09. The number of thiazole rings is 1.